The van der Waals surface area contributed by atoms with E-state index in [1.807, 2.05) is 25.4 Å². The van der Waals surface area contributed by atoms with Gasteiger partial charge in [-0.2, -0.15) is 0 Å². The Morgan fingerprint density at radius 1 is 1.22 bits per heavy atom. The molecule has 0 radical (unpaired) electrons. The predicted molar refractivity (Wildman–Crippen MR) is 74.7 cm³/mol. The second-order valence-corrected chi connectivity index (χ2v) is 4.22. The van der Waals surface area contributed by atoms with Crippen LogP contribution in [0.25, 0.3) is 10.8 Å². The molecule has 96 valence electrons. The first-order chi connectivity index (χ1) is 8.86. The molecule has 0 amide bonds. The van der Waals surface area contributed by atoms with Crippen molar-refractivity contribution >= 4 is 10.8 Å². The zero-order valence-corrected chi connectivity index (χ0v) is 11.0. The van der Waals surface area contributed by atoms with Crippen LogP contribution in [0.4, 0.5) is 0 Å². The summed E-state index contributed by atoms with van der Waals surface area (Å²) in [4.78, 5) is 4.33. The molecule has 1 atom stereocenters. The van der Waals surface area contributed by atoms with Crippen LogP contribution in [-0.4, -0.2) is 24.7 Å². The molecule has 0 saturated carbocycles. The molecule has 0 bridgehead atoms. The van der Waals surface area contributed by atoms with Gasteiger partial charge in [0.05, 0.1) is 12.6 Å². The summed E-state index contributed by atoms with van der Waals surface area (Å²) in [5.74, 6) is 0. The first-order valence-electron chi connectivity index (χ1n) is 6.50. The molecule has 3 heteroatoms. The summed E-state index contributed by atoms with van der Waals surface area (Å²) < 4.78 is 5.56. The van der Waals surface area contributed by atoms with Crippen molar-refractivity contribution in [1.29, 1.82) is 0 Å². The van der Waals surface area contributed by atoms with E-state index in [0.29, 0.717) is 6.61 Å². The fourth-order valence-corrected chi connectivity index (χ4v) is 2.16. The lowest BCUT2D eigenvalue weighted by molar-refractivity contribution is 0.124. The third kappa shape index (κ3) is 2.86. The van der Waals surface area contributed by atoms with E-state index in [4.69, 9.17) is 4.74 Å². The maximum absolute atomic E-state index is 5.56. The van der Waals surface area contributed by atoms with Crippen molar-refractivity contribution in [3.63, 3.8) is 0 Å². The van der Waals surface area contributed by atoms with Gasteiger partial charge in [0.2, 0.25) is 0 Å². The van der Waals surface area contributed by atoms with Gasteiger partial charge in [0.1, 0.15) is 0 Å². The third-order valence-corrected chi connectivity index (χ3v) is 3.01. The summed E-state index contributed by atoms with van der Waals surface area (Å²) in [5, 5.41) is 5.88. The summed E-state index contributed by atoms with van der Waals surface area (Å²) >= 11 is 0. The molecule has 1 unspecified atom stereocenters. The van der Waals surface area contributed by atoms with Crippen LogP contribution in [0.3, 0.4) is 0 Å². The summed E-state index contributed by atoms with van der Waals surface area (Å²) in [7, 11) is 0. The van der Waals surface area contributed by atoms with Gasteiger partial charge in [0, 0.05) is 24.4 Å². The van der Waals surface area contributed by atoms with Crippen LogP contribution in [0, 0.1) is 0 Å². The number of hydrogen-bond donors (Lipinski definition) is 1. The number of pyridine rings is 1. The minimum absolute atomic E-state index is 0.202. The van der Waals surface area contributed by atoms with Gasteiger partial charge < -0.3 is 10.1 Å². The number of rotatable bonds is 6. The lowest BCUT2D eigenvalue weighted by Gasteiger charge is -2.19. The lowest BCUT2D eigenvalue weighted by Crippen LogP contribution is -2.25. The number of likely N-dealkylation sites (N-methyl/N-ethyl adjacent to an activating group) is 1. The Morgan fingerprint density at radius 2 is 2.06 bits per heavy atom. The van der Waals surface area contributed by atoms with E-state index in [2.05, 4.69) is 35.4 Å². The second kappa shape index (κ2) is 6.47. The molecular formula is C15H20N2O. The Bertz CT molecular complexity index is 493. The summed E-state index contributed by atoms with van der Waals surface area (Å²) in [6.45, 7) is 6.46. The van der Waals surface area contributed by atoms with Crippen LogP contribution in [0.15, 0.2) is 36.7 Å². The monoisotopic (exact) mass is 244 g/mol. The minimum atomic E-state index is 0.202. The van der Waals surface area contributed by atoms with Gasteiger partial charge in [0.25, 0.3) is 0 Å². The first kappa shape index (κ1) is 13.0. The normalized spacial score (nSPS) is 12.8. The number of nitrogens with zero attached hydrogens (tertiary/aromatic N) is 1. The Morgan fingerprint density at radius 3 is 2.83 bits per heavy atom. The number of benzene rings is 1. The van der Waals surface area contributed by atoms with Crippen LogP contribution in [0.5, 0.6) is 0 Å². The smallest absolute Gasteiger partial charge is 0.0662 e. The van der Waals surface area contributed by atoms with Gasteiger partial charge in [-0.3, -0.25) is 4.98 Å². The van der Waals surface area contributed by atoms with Gasteiger partial charge >= 0.3 is 0 Å². The molecule has 0 aliphatic carbocycles. The summed E-state index contributed by atoms with van der Waals surface area (Å²) in [6.07, 6.45) is 3.84. The zero-order chi connectivity index (χ0) is 12.8. The van der Waals surface area contributed by atoms with E-state index >= 15 is 0 Å². The molecule has 1 aromatic heterocycles. The van der Waals surface area contributed by atoms with E-state index < -0.39 is 0 Å². The number of aromatic nitrogens is 1. The molecule has 2 rings (SSSR count). The fourth-order valence-electron chi connectivity index (χ4n) is 2.16. The van der Waals surface area contributed by atoms with Crippen LogP contribution in [0.2, 0.25) is 0 Å². The maximum atomic E-state index is 5.56. The average molecular weight is 244 g/mol. The summed E-state index contributed by atoms with van der Waals surface area (Å²) in [6, 6.07) is 8.54. The molecule has 1 aromatic carbocycles. The highest BCUT2D eigenvalue weighted by molar-refractivity contribution is 5.85. The van der Waals surface area contributed by atoms with Crippen LogP contribution in [-0.2, 0) is 4.74 Å². The molecule has 3 nitrogen and oxygen atoms in total. The Hall–Kier alpha value is -1.45. The molecule has 0 spiro atoms. The number of nitrogens with one attached hydrogen (secondary N) is 1. The van der Waals surface area contributed by atoms with E-state index in [9.17, 15) is 0 Å². The second-order valence-electron chi connectivity index (χ2n) is 4.22. The summed E-state index contributed by atoms with van der Waals surface area (Å²) in [5.41, 5.74) is 1.21. The molecule has 0 aliphatic rings. The van der Waals surface area contributed by atoms with E-state index in [-0.39, 0.29) is 6.04 Å². The van der Waals surface area contributed by atoms with E-state index in [1.165, 1.54) is 16.3 Å². The number of ether oxygens (including phenoxy) is 1. The highest BCUT2D eigenvalue weighted by Crippen LogP contribution is 2.23. The quantitative estimate of drug-likeness (QED) is 0.848. The molecule has 18 heavy (non-hydrogen) atoms. The highest BCUT2D eigenvalue weighted by atomic mass is 16.5. The van der Waals surface area contributed by atoms with Crippen molar-refractivity contribution in [2.24, 2.45) is 0 Å². The Labute approximate surface area is 108 Å². The molecule has 0 aliphatic heterocycles. The molecule has 0 saturated heterocycles. The zero-order valence-electron chi connectivity index (χ0n) is 11.0. The van der Waals surface area contributed by atoms with Gasteiger partial charge in [-0.25, -0.2) is 0 Å². The lowest BCUT2D eigenvalue weighted by atomic mass is 10.0. The van der Waals surface area contributed by atoms with Gasteiger partial charge in [-0.15, -0.1) is 0 Å². The first-order valence-corrected chi connectivity index (χ1v) is 6.50. The Kier molecular flexibility index (Phi) is 4.67. The van der Waals surface area contributed by atoms with Crippen LogP contribution >= 0.6 is 0 Å². The molecule has 1 heterocycles. The Balaban J connectivity index is 2.36. The topological polar surface area (TPSA) is 34.1 Å². The number of hydrogen-bond acceptors (Lipinski definition) is 3. The van der Waals surface area contributed by atoms with Crippen molar-refractivity contribution in [2.45, 2.75) is 19.9 Å². The van der Waals surface area contributed by atoms with Crippen LogP contribution in [0.1, 0.15) is 25.5 Å². The van der Waals surface area contributed by atoms with Crippen molar-refractivity contribution in [1.82, 2.24) is 10.3 Å². The van der Waals surface area contributed by atoms with Crippen molar-refractivity contribution in [3.05, 3.63) is 42.2 Å². The van der Waals surface area contributed by atoms with Gasteiger partial charge in [0.15, 0.2) is 0 Å². The minimum Gasteiger partial charge on any atom is -0.380 e. The van der Waals surface area contributed by atoms with Crippen molar-refractivity contribution in [2.75, 3.05) is 19.8 Å². The molecular weight excluding hydrogens is 224 g/mol. The molecule has 0 fully saturated rings. The third-order valence-electron chi connectivity index (χ3n) is 3.01. The van der Waals surface area contributed by atoms with Gasteiger partial charge in [-0.05, 0) is 24.4 Å². The molecule has 2 aromatic rings. The molecule has 1 N–H and O–H groups in total. The fraction of sp³-hybridized carbons (Fsp3) is 0.400. The van der Waals surface area contributed by atoms with E-state index in [0.717, 1.165) is 13.2 Å². The number of fused-ring (bicyclic) bond motifs is 1. The SMILES string of the molecule is CCNC(COCC)c1cncc2ccccc12. The van der Waals surface area contributed by atoms with Gasteiger partial charge in [-0.1, -0.05) is 31.2 Å². The maximum Gasteiger partial charge on any atom is 0.0662 e. The van der Waals surface area contributed by atoms with Crippen molar-refractivity contribution in [3.8, 4) is 0 Å². The van der Waals surface area contributed by atoms with Crippen molar-refractivity contribution < 1.29 is 4.74 Å². The van der Waals surface area contributed by atoms with Crippen LogP contribution < -0.4 is 5.32 Å². The highest BCUT2D eigenvalue weighted by Gasteiger charge is 2.13. The predicted octanol–water partition coefficient (Wildman–Crippen LogP) is 2.92. The average Bonchev–Trinajstić information content (AvgIpc) is 2.43. The largest absolute Gasteiger partial charge is 0.380 e. The van der Waals surface area contributed by atoms with E-state index in [1.54, 1.807) is 0 Å². The standard InChI is InChI=1S/C15H20N2O/c1-3-17-15(11-18-4-2)14-10-16-9-12-7-5-6-8-13(12)14/h5-10,15,17H,3-4,11H2,1-2H3.